The molecule has 6 nitrogen and oxygen atoms in total. The second-order valence-electron chi connectivity index (χ2n) is 5.38. The summed E-state index contributed by atoms with van der Waals surface area (Å²) in [6, 6.07) is 4.06. The van der Waals surface area contributed by atoms with Gasteiger partial charge in [0.25, 0.3) is 0 Å². The molecule has 0 amide bonds. The van der Waals surface area contributed by atoms with Crippen LogP contribution in [0, 0.1) is 0 Å². The summed E-state index contributed by atoms with van der Waals surface area (Å²) in [6.45, 7) is 1.76. The van der Waals surface area contributed by atoms with Crippen molar-refractivity contribution in [3.05, 3.63) is 29.3 Å². The van der Waals surface area contributed by atoms with Gasteiger partial charge in [-0.05, 0) is 43.4 Å². The minimum atomic E-state index is -3.82. The van der Waals surface area contributed by atoms with Crippen molar-refractivity contribution in [1.82, 2.24) is 4.72 Å². The van der Waals surface area contributed by atoms with E-state index in [9.17, 15) is 18.3 Å². The number of carboxylic acids is 1. The molecular formula is C14H19NO5S. The number of aromatic carboxylic acids is 1. The highest BCUT2D eigenvalue weighted by Gasteiger charge is 2.35. The Morgan fingerprint density at radius 2 is 2.05 bits per heavy atom. The first-order valence-electron chi connectivity index (χ1n) is 6.86. The largest absolute Gasteiger partial charge is 0.478 e. The van der Waals surface area contributed by atoms with Gasteiger partial charge in [-0.15, -0.1) is 0 Å². The lowest BCUT2D eigenvalue weighted by Crippen LogP contribution is -2.47. The van der Waals surface area contributed by atoms with E-state index in [0.29, 0.717) is 24.8 Å². The van der Waals surface area contributed by atoms with Gasteiger partial charge in [-0.25, -0.2) is 17.9 Å². The Kier molecular flexibility index (Phi) is 4.36. The molecule has 1 aromatic rings. The van der Waals surface area contributed by atoms with Crippen molar-refractivity contribution in [2.75, 3.05) is 6.54 Å². The van der Waals surface area contributed by atoms with Gasteiger partial charge in [-0.2, -0.15) is 0 Å². The molecule has 0 bridgehead atoms. The third-order valence-electron chi connectivity index (χ3n) is 3.88. The summed E-state index contributed by atoms with van der Waals surface area (Å²) in [5.74, 6) is -1.15. The molecule has 116 valence electrons. The second-order valence-corrected chi connectivity index (χ2v) is 7.15. The van der Waals surface area contributed by atoms with Crippen LogP contribution in [0.3, 0.4) is 0 Å². The number of sulfonamides is 1. The second kappa shape index (κ2) is 5.75. The van der Waals surface area contributed by atoms with Crippen LogP contribution in [-0.2, 0) is 16.4 Å². The molecule has 1 aromatic carbocycles. The van der Waals surface area contributed by atoms with E-state index >= 15 is 0 Å². The van der Waals surface area contributed by atoms with Gasteiger partial charge in [-0.3, -0.25) is 0 Å². The minimum absolute atomic E-state index is 0.0114. The van der Waals surface area contributed by atoms with E-state index in [2.05, 4.69) is 4.72 Å². The van der Waals surface area contributed by atoms with Crippen LogP contribution in [0.25, 0.3) is 0 Å². The smallest absolute Gasteiger partial charge is 0.336 e. The highest BCUT2D eigenvalue weighted by molar-refractivity contribution is 7.89. The molecule has 7 heteroatoms. The predicted molar refractivity (Wildman–Crippen MR) is 76.8 cm³/mol. The summed E-state index contributed by atoms with van der Waals surface area (Å²) < 4.78 is 26.7. The lowest BCUT2D eigenvalue weighted by atomic mass is 9.81. The van der Waals surface area contributed by atoms with Gasteiger partial charge in [0.05, 0.1) is 16.1 Å². The van der Waals surface area contributed by atoms with Crippen molar-refractivity contribution in [3.63, 3.8) is 0 Å². The topological polar surface area (TPSA) is 104 Å². The number of nitrogens with one attached hydrogen (secondary N) is 1. The first-order chi connectivity index (χ1) is 9.77. The van der Waals surface area contributed by atoms with Crippen molar-refractivity contribution >= 4 is 16.0 Å². The number of aliphatic hydroxyl groups is 1. The van der Waals surface area contributed by atoms with Gasteiger partial charge in [0.1, 0.15) is 0 Å². The molecule has 0 atom stereocenters. The molecule has 0 aromatic heterocycles. The zero-order chi connectivity index (χ0) is 15.7. The third kappa shape index (κ3) is 3.42. The maximum absolute atomic E-state index is 12.2. The number of benzene rings is 1. The predicted octanol–water partition coefficient (Wildman–Crippen LogP) is 1.14. The molecule has 0 saturated heterocycles. The van der Waals surface area contributed by atoms with Gasteiger partial charge in [-0.1, -0.05) is 13.0 Å². The summed E-state index contributed by atoms with van der Waals surface area (Å²) in [6.07, 6.45) is 2.54. The summed E-state index contributed by atoms with van der Waals surface area (Å²) in [4.78, 5) is 11.1. The number of hydrogen-bond acceptors (Lipinski definition) is 4. The van der Waals surface area contributed by atoms with E-state index < -0.39 is 21.6 Å². The molecule has 0 aliphatic heterocycles. The lowest BCUT2D eigenvalue weighted by Gasteiger charge is -2.36. The van der Waals surface area contributed by atoms with E-state index in [4.69, 9.17) is 5.11 Å². The van der Waals surface area contributed by atoms with Crippen molar-refractivity contribution in [3.8, 4) is 0 Å². The molecule has 0 radical (unpaired) electrons. The summed E-state index contributed by atoms with van der Waals surface area (Å²) in [5, 5.41) is 19.1. The van der Waals surface area contributed by atoms with Gasteiger partial charge in [0.2, 0.25) is 10.0 Å². The van der Waals surface area contributed by atoms with Crippen LogP contribution in [0.4, 0.5) is 0 Å². The molecule has 21 heavy (non-hydrogen) atoms. The quantitative estimate of drug-likeness (QED) is 0.730. The van der Waals surface area contributed by atoms with Crippen molar-refractivity contribution in [1.29, 1.82) is 0 Å². The minimum Gasteiger partial charge on any atom is -0.478 e. The average Bonchev–Trinajstić information content (AvgIpc) is 2.42. The number of hydrogen-bond donors (Lipinski definition) is 3. The monoisotopic (exact) mass is 313 g/mol. The Bertz CT molecular complexity index is 649. The molecule has 2 rings (SSSR count). The molecule has 1 aliphatic rings. The van der Waals surface area contributed by atoms with Crippen LogP contribution in [0.5, 0.6) is 0 Å². The highest BCUT2D eigenvalue weighted by Crippen LogP contribution is 2.31. The van der Waals surface area contributed by atoms with Crippen molar-refractivity contribution in [2.24, 2.45) is 0 Å². The molecule has 1 fully saturated rings. The Labute approximate surface area is 123 Å². The molecular weight excluding hydrogens is 294 g/mol. The molecule has 1 aliphatic carbocycles. The zero-order valence-electron chi connectivity index (χ0n) is 11.8. The summed E-state index contributed by atoms with van der Waals surface area (Å²) in [7, 11) is -3.82. The lowest BCUT2D eigenvalue weighted by molar-refractivity contribution is -0.0271. The highest BCUT2D eigenvalue weighted by atomic mass is 32.2. The van der Waals surface area contributed by atoms with E-state index in [-0.39, 0.29) is 17.0 Å². The van der Waals surface area contributed by atoms with E-state index in [1.54, 1.807) is 6.92 Å². The maximum atomic E-state index is 12.2. The summed E-state index contributed by atoms with van der Waals surface area (Å²) >= 11 is 0. The van der Waals surface area contributed by atoms with Crippen molar-refractivity contribution in [2.45, 2.75) is 43.1 Å². The van der Waals surface area contributed by atoms with Gasteiger partial charge < -0.3 is 10.2 Å². The van der Waals surface area contributed by atoms with Gasteiger partial charge in [0.15, 0.2) is 0 Å². The van der Waals surface area contributed by atoms with Crippen LogP contribution in [0.1, 0.15) is 42.1 Å². The number of carbonyl (C=O) groups is 1. The zero-order valence-corrected chi connectivity index (χ0v) is 12.6. The first kappa shape index (κ1) is 15.9. The maximum Gasteiger partial charge on any atom is 0.336 e. The Morgan fingerprint density at radius 3 is 2.52 bits per heavy atom. The van der Waals surface area contributed by atoms with E-state index in [0.717, 1.165) is 12.5 Å². The molecule has 0 spiro atoms. The Hall–Kier alpha value is -1.44. The van der Waals surface area contributed by atoms with Gasteiger partial charge in [0, 0.05) is 6.54 Å². The fraction of sp³-hybridized carbons (Fsp3) is 0.500. The van der Waals surface area contributed by atoms with E-state index in [1.807, 2.05) is 0 Å². The van der Waals surface area contributed by atoms with Crippen LogP contribution < -0.4 is 4.72 Å². The Morgan fingerprint density at radius 1 is 1.38 bits per heavy atom. The van der Waals surface area contributed by atoms with Crippen LogP contribution >= 0.6 is 0 Å². The summed E-state index contributed by atoms with van der Waals surface area (Å²) in [5.41, 5.74) is -0.395. The molecule has 0 unspecified atom stereocenters. The molecule has 1 saturated carbocycles. The van der Waals surface area contributed by atoms with E-state index in [1.165, 1.54) is 12.1 Å². The Balaban J connectivity index is 2.23. The SMILES string of the molecule is CCc1ccc(S(=O)(=O)NCC2(O)CCC2)cc1C(=O)O. The number of aryl methyl sites for hydroxylation is 1. The van der Waals surface area contributed by atoms with Crippen LogP contribution in [0.15, 0.2) is 23.1 Å². The van der Waals surface area contributed by atoms with Crippen molar-refractivity contribution < 1.29 is 23.4 Å². The molecule has 0 heterocycles. The van der Waals surface area contributed by atoms with Gasteiger partial charge >= 0.3 is 5.97 Å². The first-order valence-corrected chi connectivity index (χ1v) is 8.34. The fourth-order valence-corrected chi connectivity index (χ4v) is 3.45. The van der Waals surface area contributed by atoms with Crippen LogP contribution in [-0.4, -0.2) is 36.7 Å². The fourth-order valence-electron chi connectivity index (χ4n) is 2.30. The molecule has 3 N–H and O–H groups in total. The average molecular weight is 313 g/mol. The van der Waals surface area contributed by atoms with Crippen LogP contribution in [0.2, 0.25) is 0 Å². The number of carboxylic acid groups (broad SMARTS) is 1. The third-order valence-corrected chi connectivity index (χ3v) is 5.28. The standard InChI is InChI=1S/C14H19NO5S/c1-2-10-4-5-11(8-12(10)13(16)17)21(19,20)15-9-14(18)6-3-7-14/h4-5,8,15,18H,2-3,6-7,9H2,1H3,(H,16,17). The normalized spacial score (nSPS) is 17.2. The number of rotatable bonds is 6.